The summed E-state index contributed by atoms with van der Waals surface area (Å²) < 4.78 is 52.3. The van der Waals surface area contributed by atoms with E-state index in [0.717, 1.165) is 64.5 Å². The van der Waals surface area contributed by atoms with Crippen LogP contribution in [0.2, 0.25) is 0 Å². The number of primary amides is 2. The average molecular weight is 978 g/mol. The van der Waals surface area contributed by atoms with E-state index in [4.69, 9.17) is 30.4 Å². The topological polar surface area (TPSA) is 222 Å². The number of halogens is 2. The van der Waals surface area contributed by atoms with Crippen molar-refractivity contribution in [1.82, 2.24) is 25.9 Å². The number of amides is 3. The first-order valence-electron chi connectivity index (χ1n) is 24.9. The van der Waals surface area contributed by atoms with E-state index in [0.29, 0.717) is 57.3 Å². The third-order valence-electron chi connectivity index (χ3n) is 15.1. The van der Waals surface area contributed by atoms with Gasteiger partial charge < -0.3 is 46.2 Å². The second-order valence-corrected chi connectivity index (χ2v) is 19.5. The Balaban J connectivity index is 0.835. The molecule has 2 saturated carbocycles. The third-order valence-corrected chi connectivity index (χ3v) is 15.1. The van der Waals surface area contributed by atoms with Gasteiger partial charge in [0.25, 0.3) is 17.7 Å². The number of carbonyl (C=O) groups is 3. The van der Waals surface area contributed by atoms with Crippen LogP contribution < -0.4 is 46.4 Å². The van der Waals surface area contributed by atoms with Crippen molar-refractivity contribution in [3.63, 3.8) is 0 Å². The van der Waals surface area contributed by atoms with Crippen molar-refractivity contribution in [1.29, 1.82) is 0 Å². The highest BCUT2D eigenvalue weighted by molar-refractivity contribution is 6.04. The molecule has 17 heteroatoms. The first kappa shape index (κ1) is 51.1. The minimum atomic E-state index is -1.59. The number of methoxy groups -OCH3 is 2. The number of nitrogens with zero attached hydrogens (tertiary/aromatic N) is 2. The lowest BCUT2D eigenvalue weighted by Crippen LogP contribution is -2.36. The summed E-state index contributed by atoms with van der Waals surface area (Å²) in [7, 11) is 2.90. The highest BCUT2D eigenvalue weighted by atomic mass is 19.1. The Labute approximate surface area is 413 Å². The van der Waals surface area contributed by atoms with Crippen molar-refractivity contribution in [3.05, 3.63) is 58.9 Å². The van der Waals surface area contributed by atoms with Gasteiger partial charge in [-0.15, -0.1) is 0 Å². The van der Waals surface area contributed by atoms with Crippen LogP contribution in [0.4, 0.5) is 8.78 Å². The van der Waals surface area contributed by atoms with Gasteiger partial charge in [0.2, 0.25) is 11.8 Å². The van der Waals surface area contributed by atoms with Gasteiger partial charge in [0, 0.05) is 63.7 Å². The lowest BCUT2D eigenvalue weighted by Gasteiger charge is -2.29. The van der Waals surface area contributed by atoms with E-state index in [1.165, 1.54) is 14.2 Å². The summed E-state index contributed by atoms with van der Waals surface area (Å²) >= 11 is 0. The van der Waals surface area contributed by atoms with Gasteiger partial charge in [0.05, 0.1) is 42.5 Å². The number of aliphatic hydroxyl groups is 1. The van der Waals surface area contributed by atoms with Crippen molar-refractivity contribution in [2.75, 3.05) is 40.5 Å². The van der Waals surface area contributed by atoms with Gasteiger partial charge in [-0.3, -0.25) is 19.7 Å². The van der Waals surface area contributed by atoms with E-state index in [2.05, 4.69) is 49.6 Å². The number of fused-ring (bicyclic) bond motifs is 2. The minimum absolute atomic E-state index is 0.0247. The van der Waals surface area contributed by atoms with Crippen LogP contribution in [0.15, 0.2) is 36.7 Å². The first-order chi connectivity index (χ1) is 34.3. The lowest BCUT2D eigenvalue weighted by atomic mass is 9.81. The highest BCUT2D eigenvalue weighted by Gasteiger charge is 2.43. The fraction of sp³-hybridized carbons (Fsp3) is 0.537. The molecular weight excluding hydrogens is 913 g/mol. The number of rotatable bonds is 16. The van der Waals surface area contributed by atoms with Gasteiger partial charge in [0.15, 0.2) is 6.17 Å². The Bertz CT molecular complexity index is 2740. The second-order valence-electron chi connectivity index (χ2n) is 19.5. The van der Waals surface area contributed by atoms with Crippen molar-refractivity contribution in [2.24, 2.45) is 47.0 Å². The number of aliphatic hydroxyl groups excluding tert-OH is 1. The molecule has 1 unspecified atom stereocenters. The number of hydrogen-bond donors (Lipinski definition) is 6. The number of nitrogens with one attached hydrogen (secondary N) is 3. The van der Waals surface area contributed by atoms with Crippen LogP contribution in [0, 0.1) is 59.2 Å². The molecular formula is C54H65F2N7O8. The number of nitrogens with two attached hydrogens (primary N) is 2. The molecule has 2 aromatic heterocycles. The zero-order valence-corrected chi connectivity index (χ0v) is 40.8. The zero-order chi connectivity index (χ0) is 50.3. The van der Waals surface area contributed by atoms with Crippen molar-refractivity contribution >= 4 is 39.3 Å². The van der Waals surface area contributed by atoms with Crippen molar-refractivity contribution in [3.8, 4) is 46.9 Å². The van der Waals surface area contributed by atoms with Gasteiger partial charge in [-0.2, -0.15) is 0 Å². The fourth-order valence-electron chi connectivity index (χ4n) is 10.8. The summed E-state index contributed by atoms with van der Waals surface area (Å²) in [5.41, 5.74) is 13.1. The SMILES string of the molecule is CC[C@@H]1[C@H](F)C(=O)N[C@@H]1COc1ncc(C#CC2CCC(CNCC3CCC(C#Cc4cnc(OC[C@H]5NC(O)[C@@H](F)[C@H]5CC)c5cc(OC)c(C(N)=O)cc45)CC3)CC2)c2cc(C(N)=O)c(OC)cc12. The van der Waals surface area contributed by atoms with E-state index >= 15 is 0 Å². The molecule has 2 saturated heterocycles. The average Bonchev–Trinajstić information content (AvgIpc) is 3.82. The molecule has 71 heavy (non-hydrogen) atoms. The summed E-state index contributed by atoms with van der Waals surface area (Å²) in [5.74, 6) is 13.4. The minimum Gasteiger partial charge on any atom is -0.496 e. The molecule has 0 bridgehead atoms. The maximum absolute atomic E-state index is 14.6. The summed E-state index contributed by atoms with van der Waals surface area (Å²) in [4.78, 5) is 46.0. The van der Waals surface area contributed by atoms with Crippen molar-refractivity contribution in [2.45, 2.75) is 109 Å². The number of hydrogen-bond acceptors (Lipinski definition) is 12. The smallest absolute Gasteiger partial charge is 0.255 e. The number of carbonyl (C=O) groups excluding carboxylic acids is 3. The summed E-state index contributed by atoms with van der Waals surface area (Å²) in [6.45, 7) is 5.73. The Hall–Kier alpha value is -6.27. The van der Waals surface area contributed by atoms with Gasteiger partial charge in [-0.1, -0.05) is 37.5 Å². The molecule has 2 aliphatic carbocycles. The van der Waals surface area contributed by atoms with Crippen LogP contribution in [-0.4, -0.2) is 104 Å². The van der Waals surface area contributed by atoms with Crippen LogP contribution in [0.25, 0.3) is 21.5 Å². The van der Waals surface area contributed by atoms with Gasteiger partial charge in [0.1, 0.15) is 37.1 Å². The Kier molecular flexibility index (Phi) is 16.5. The predicted molar refractivity (Wildman–Crippen MR) is 264 cm³/mol. The summed E-state index contributed by atoms with van der Waals surface area (Å²) in [6, 6.07) is 5.71. The zero-order valence-electron chi connectivity index (χ0n) is 40.8. The number of ether oxygens (including phenoxy) is 4. The molecule has 8 rings (SSSR count). The van der Waals surface area contributed by atoms with E-state index in [1.54, 1.807) is 36.7 Å². The summed E-state index contributed by atoms with van der Waals surface area (Å²) in [5, 5.41) is 21.8. The molecule has 4 aliphatic rings. The first-order valence-corrected chi connectivity index (χ1v) is 24.9. The number of benzene rings is 2. The molecule has 2 aromatic carbocycles. The molecule has 8 N–H and O–H groups in total. The standard InChI is InChI=1S/C54H65F2N7O8/c1-5-35-43(62-51(66)47(35)55)27-70-53-39-21-45(68-3)41(49(57)64)19-37(39)33(25-60-53)17-15-29-7-11-31(12-8-29)23-59-24-32-13-9-30(10-14-32)16-18-34-26-61-54(71-28-44-36(6-2)48(56)52(67)63-44)40-22-46(69-4)42(50(58)65)20-38(34)40/h19-22,25-26,29-32,35-36,43-44,47-48,51,59,62,66H,5-14,23-24,27-28H2,1-4H3,(H2,57,64)(H2,58,65)(H,63,67)/t29?,30?,31?,32?,35-,36-,43+,44+,47-,48-,51?/m0/s1. The van der Waals surface area contributed by atoms with Gasteiger partial charge >= 0.3 is 0 Å². The highest BCUT2D eigenvalue weighted by Crippen LogP contribution is 2.37. The van der Waals surface area contributed by atoms with Crippen LogP contribution >= 0.6 is 0 Å². The van der Waals surface area contributed by atoms with Crippen LogP contribution in [0.1, 0.15) is 110 Å². The molecule has 4 aromatic rings. The maximum atomic E-state index is 14.6. The van der Waals surface area contributed by atoms with Gasteiger partial charge in [-0.05, 0) is 113 Å². The van der Waals surface area contributed by atoms with Gasteiger partial charge in [-0.25, -0.2) is 18.7 Å². The molecule has 7 atom stereocenters. The molecule has 0 radical (unpaired) electrons. The van der Waals surface area contributed by atoms with E-state index in [1.807, 2.05) is 13.8 Å². The van der Waals surface area contributed by atoms with Crippen LogP contribution in [0.3, 0.4) is 0 Å². The second kappa shape index (κ2) is 22.9. The normalized spacial score (nSPS) is 27.3. The Morgan fingerprint density at radius 1 is 0.718 bits per heavy atom. The van der Waals surface area contributed by atoms with E-state index < -0.39 is 60.2 Å². The maximum Gasteiger partial charge on any atom is 0.255 e. The molecule has 378 valence electrons. The number of alkyl halides is 2. The molecule has 0 spiro atoms. The predicted octanol–water partition coefficient (Wildman–Crippen LogP) is 5.88. The van der Waals surface area contributed by atoms with Crippen LogP contribution in [0.5, 0.6) is 23.3 Å². The van der Waals surface area contributed by atoms with Crippen LogP contribution in [-0.2, 0) is 4.79 Å². The summed E-state index contributed by atoms with van der Waals surface area (Å²) in [6.07, 6.45) is 8.15. The lowest BCUT2D eigenvalue weighted by molar-refractivity contribution is -0.124. The molecule has 15 nitrogen and oxygen atoms in total. The monoisotopic (exact) mass is 977 g/mol. The number of pyridine rings is 2. The van der Waals surface area contributed by atoms with E-state index in [9.17, 15) is 28.3 Å². The quantitative estimate of drug-likeness (QED) is 0.0726. The third kappa shape index (κ3) is 11.4. The van der Waals surface area contributed by atoms with Crippen molar-refractivity contribution < 1.29 is 47.2 Å². The van der Waals surface area contributed by atoms with E-state index in [-0.39, 0.29) is 59.4 Å². The molecule has 4 heterocycles. The molecule has 3 amide bonds. The molecule has 4 fully saturated rings. The Morgan fingerprint density at radius 2 is 1.18 bits per heavy atom. The Morgan fingerprint density at radius 3 is 1.62 bits per heavy atom. The fourth-order valence-corrected chi connectivity index (χ4v) is 10.8. The largest absolute Gasteiger partial charge is 0.496 e. The number of aromatic nitrogens is 2. The molecule has 2 aliphatic heterocycles.